The predicted octanol–water partition coefficient (Wildman–Crippen LogP) is 0.986. The second-order valence-corrected chi connectivity index (χ2v) is 8.06. The Bertz CT molecular complexity index is 331. The molecule has 0 aliphatic rings. The van der Waals surface area contributed by atoms with Crippen molar-refractivity contribution >= 4 is 10.1 Å². The molecule has 0 aromatic heterocycles. The minimum absolute atomic E-state index is 0. The van der Waals surface area contributed by atoms with E-state index in [1.54, 1.807) is 0 Å². The topological polar surface area (TPSA) is 77.4 Å². The maximum atomic E-state index is 10.7. The Kier molecular flexibility index (Phi) is 18.7. The van der Waals surface area contributed by atoms with E-state index in [0.717, 1.165) is 32.1 Å². The molecular weight excluding hydrogens is 327 g/mol. The van der Waals surface area contributed by atoms with Gasteiger partial charge in [0.25, 0.3) is 0 Å². The van der Waals surface area contributed by atoms with E-state index in [0.29, 0.717) is 6.42 Å². The molecule has 0 amide bonds. The van der Waals surface area contributed by atoms with Crippen molar-refractivity contribution in [3.8, 4) is 0 Å². The van der Waals surface area contributed by atoms with E-state index in [1.165, 1.54) is 45.4 Å². The van der Waals surface area contributed by atoms with Crippen LogP contribution in [0.5, 0.6) is 0 Å². The molecule has 0 saturated heterocycles. The fourth-order valence-corrected chi connectivity index (χ4v) is 2.89. The standard InChI is InChI=1S/C16H34O4S.K/c1-15(17)13-11-9-7-5-3-4-6-8-10-12-14-16(2)21(18,19)20;/h15-17H,3-14H2,1-2H3,(H,18,19,20);/q;+1/p-1. The smallest absolute Gasteiger partial charge is 0.748 e. The molecule has 6 heteroatoms. The molecule has 2 atom stereocenters. The Morgan fingerprint density at radius 1 is 0.773 bits per heavy atom. The maximum Gasteiger partial charge on any atom is 1.00 e. The average Bonchev–Trinajstić information content (AvgIpc) is 2.38. The van der Waals surface area contributed by atoms with Gasteiger partial charge < -0.3 is 9.66 Å². The molecular formula is C16H33KO4S. The Hall–Kier alpha value is 1.51. The second kappa shape index (κ2) is 16.0. The van der Waals surface area contributed by atoms with Crippen LogP contribution in [-0.2, 0) is 10.1 Å². The molecule has 0 aliphatic heterocycles. The molecule has 0 fully saturated rings. The van der Waals surface area contributed by atoms with Gasteiger partial charge in [-0.05, 0) is 26.7 Å². The first-order valence-electron chi connectivity index (χ1n) is 8.47. The number of aliphatic hydroxyl groups excluding tert-OH is 1. The largest absolute Gasteiger partial charge is 1.00 e. The van der Waals surface area contributed by atoms with Crippen molar-refractivity contribution in [1.82, 2.24) is 0 Å². The van der Waals surface area contributed by atoms with Crippen molar-refractivity contribution in [2.24, 2.45) is 0 Å². The molecule has 0 radical (unpaired) electrons. The van der Waals surface area contributed by atoms with Crippen LogP contribution in [0.15, 0.2) is 0 Å². The third kappa shape index (κ3) is 17.9. The summed E-state index contributed by atoms with van der Waals surface area (Å²) in [5, 5.41) is 8.39. The summed E-state index contributed by atoms with van der Waals surface area (Å²) in [6.07, 6.45) is 12.8. The van der Waals surface area contributed by atoms with E-state index >= 15 is 0 Å². The van der Waals surface area contributed by atoms with E-state index < -0.39 is 15.4 Å². The predicted molar refractivity (Wildman–Crippen MR) is 86.2 cm³/mol. The van der Waals surface area contributed by atoms with Gasteiger partial charge in [-0.15, -0.1) is 0 Å². The van der Waals surface area contributed by atoms with E-state index in [9.17, 15) is 13.0 Å². The minimum atomic E-state index is -4.09. The normalized spacial score (nSPS) is 14.4. The molecule has 2 unspecified atom stereocenters. The molecule has 1 N–H and O–H groups in total. The van der Waals surface area contributed by atoms with Crippen LogP contribution >= 0.6 is 0 Å². The van der Waals surface area contributed by atoms with Gasteiger partial charge in [0.15, 0.2) is 0 Å². The first kappa shape index (κ1) is 25.7. The summed E-state index contributed by atoms with van der Waals surface area (Å²) in [6, 6.07) is 0. The van der Waals surface area contributed by atoms with E-state index in [-0.39, 0.29) is 57.5 Å². The Morgan fingerprint density at radius 3 is 1.41 bits per heavy atom. The van der Waals surface area contributed by atoms with Gasteiger partial charge in [-0.3, -0.25) is 0 Å². The van der Waals surface area contributed by atoms with Crippen LogP contribution in [0.3, 0.4) is 0 Å². The zero-order chi connectivity index (χ0) is 16.1. The van der Waals surface area contributed by atoms with Gasteiger partial charge in [0.1, 0.15) is 0 Å². The van der Waals surface area contributed by atoms with Gasteiger partial charge >= 0.3 is 51.4 Å². The van der Waals surface area contributed by atoms with E-state index in [1.807, 2.05) is 6.92 Å². The summed E-state index contributed by atoms with van der Waals surface area (Å²) < 4.78 is 32.1. The molecule has 0 spiro atoms. The average molecular weight is 361 g/mol. The van der Waals surface area contributed by atoms with E-state index in [4.69, 9.17) is 5.11 Å². The summed E-state index contributed by atoms with van der Waals surface area (Å²) in [5.74, 6) is 0. The summed E-state index contributed by atoms with van der Waals surface area (Å²) in [7, 11) is -4.09. The van der Waals surface area contributed by atoms with Crippen molar-refractivity contribution in [3.05, 3.63) is 0 Å². The summed E-state index contributed by atoms with van der Waals surface area (Å²) in [5.41, 5.74) is 0. The third-order valence-corrected chi connectivity index (χ3v) is 5.20. The zero-order valence-corrected chi connectivity index (χ0v) is 18.7. The van der Waals surface area contributed by atoms with Crippen molar-refractivity contribution in [1.29, 1.82) is 0 Å². The number of hydrogen-bond donors (Lipinski definition) is 1. The molecule has 0 bridgehead atoms. The van der Waals surface area contributed by atoms with Gasteiger partial charge in [0, 0.05) is 5.25 Å². The van der Waals surface area contributed by atoms with Gasteiger partial charge in [-0.2, -0.15) is 0 Å². The van der Waals surface area contributed by atoms with Crippen LogP contribution < -0.4 is 51.4 Å². The Balaban J connectivity index is 0. The SMILES string of the molecule is CC(O)CCCCCCCCCCCCC(C)S(=O)(=O)[O-].[K+]. The number of rotatable bonds is 14. The van der Waals surface area contributed by atoms with Crippen LogP contribution in [0.25, 0.3) is 0 Å². The first-order chi connectivity index (χ1) is 9.84. The van der Waals surface area contributed by atoms with Crippen LogP contribution in [0, 0.1) is 0 Å². The van der Waals surface area contributed by atoms with Crippen LogP contribution in [0.4, 0.5) is 0 Å². The fraction of sp³-hybridized carbons (Fsp3) is 1.00. The summed E-state index contributed by atoms with van der Waals surface area (Å²) >= 11 is 0. The summed E-state index contributed by atoms with van der Waals surface area (Å²) in [4.78, 5) is 0. The van der Waals surface area contributed by atoms with E-state index in [2.05, 4.69) is 0 Å². The molecule has 0 heterocycles. The molecule has 0 rings (SSSR count). The van der Waals surface area contributed by atoms with Crippen LogP contribution in [0.2, 0.25) is 0 Å². The molecule has 0 saturated carbocycles. The van der Waals surface area contributed by atoms with Gasteiger partial charge in [-0.25, -0.2) is 8.42 Å². The number of hydrogen-bond acceptors (Lipinski definition) is 4. The quantitative estimate of drug-likeness (QED) is 0.285. The monoisotopic (exact) mass is 360 g/mol. The zero-order valence-electron chi connectivity index (χ0n) is 14.7. The molecule has 0 aromatic carbocycles. The third-order valence-electron chi connectivity index (χ3n) is 3.98. The van der Waals surface area contributed by atoms with Gasteiger partial charge in [0.05, 0.1) is 16.2 Å². The molecule has 128 valence electrons. The number of unbranched alkanes of at least 4 members (excludes halogenated alkanes) is 9. The number of aliphatic hydroxyl groups is 1. The Morgan fingerprint density at radius 2 is 1.09 bits per heavy atom. The van der Waals surface area contributed by atoms with Crippen molar-refractivity contribution in [3.63, 3.8) is 0 Å². The van der Waals surface area contributed by atoms with Crippen LogP contribution in [0.1, 0.15) is 90.9 Å². The van der Waals surface area contributed by atoms with Crippen molar-refractivity contribution in [2.45, 2.75) is 102 Å². The second-order valence-electron chi connectivity index (χ2n) is 6.27. The van der Waals surface area contributed by atoms with Crippen molar-refractivity contribution in [2.75, 3.05) is 0 Å². The molecule has 22 heavy (non-hydrogen) atoms. The molecule has 0 aromatic rings. The minimum Gasteiger partial charge on any atom is -0.748 e. The molecule has 0 aliphatic carbocycles. The van der Waals surface area contributed by atoms with Gasteiger partial charge in [0.2, 0.25) is 0 Å². The Labute approximate surface area is 180 Å². The maximum absolute atomic E-state index is 10.7. The first-order valence-corrected chi connectivity index (χ1v) is 9.94. The summed E-state index contributed by atoms with van der Waals surface area (Å²) in [6.45, 7) is 3.34. The van der Waals surface area contributed by atoms with Crippen LogP contribution in [-0.4, -0.2) is 29.4 Å². The van der Waals surface area contributed by atoms with Gasteiger partial charge in [-0.1, -0.05) is 64.2 Å². The van der Waals surface area contributed by atoms with Crippen molar-refractivity contribution < 1.29 is 69.5 Å². The fourth-order valence-electron chi connectivity index (χ4n) is 2.43. The molecule has 4 nitrogen and oxygen atoms in total.